The third-order valence-electron chi connectivity index (χ3n) is 1.81. The molecule has 1 aliphatic carbocycles. The van der Waals surface area contributed by atoms with Gasteiger partial charge in [-0.25, -0.2) is 0 Å². The van der Waals surface area contributed by atoms with Crippen LogP contribution in [0.15, 0.2) is 0 Å². The van der Waals surface area contributed by atoms with Crippen molar-refractivity contribution in [3.05, 3.63) is 0 Å². The van der Waals surface area contributed by atoms with Crippen LogP contribution >= 0.6 is 0 Å². The average molecular weight is 128 g/mol. The Morgan fingerprint density at radius 3 is 2.67 bits per heavy atom. The highest BCUT2D eigenvalue weighted by atomic mass is 16.5. The summed E-state index contributed by atoms with van der Waals surface area (Å²) in [5.41, 5.74) is 0. The first-order valence-corrected chi connectivity index (χ1v) is 3.27. The molecule has 0 N–H and O–H groups in total. The molecule has 1 rings (SSSR count). The quantitative estimate of drug-likeness (QED) is 0.563. The number of carbonyl (C=O) groups excluding carboxylic acids is 1. The zero-order valence-corrected chi connectivity index (χ0v) is 5.89. The molecule has 2 nitrogen and oxygen atoms in total. The molecule has 52 valence electrons. The lowest BCUT2D eigenvalue weighted by Gasteiger charge is -1.93. The Morgan fingerprint density at radius 2 is 2.33 bits per heavy atom. The minimum absolute atomic E-state index is 0.269. The molecule has 0 bridgehead atoms. The van der Waals surface area contributed by atoms with Crippen LogP contribution in [0.2, 0.25) is 0 Å². The lowest BCUT2D eigenvalue weighted by molar-refractivity contribution is -0.124. The first-order chi connectivity index (χ1) is 4.25. The topological polar surface area (TPSA) is 26.3 Å². The first kappa shape index (κ1) is 6.75. The van der Waals surface area contributed by atoms with Crippen LogP contribution in [0.3, 0.4) is 0 Å². The number of Topliss-reactive ketones (excluding diaryl/α,β-unsaturated/α-hetero) is 1. The standard InChI is InChI=1S/C7H12O2/c1-5-3-6(5)7(8)4-9-2/h5-6H,3-4H2,1-2H3. The molecule has 0 amide bonds. The Kier molecular flexibility index (Phi) is 1.86. The summed E-state index contributed by atoms with van der Waals surface area (Å²) in [4.78, 5) is 10.9. The van der Waals surface area contributed by atoms with E-state index in [0.717, 1.165) is 6.42 Å². The Morgan fingerprint density at radius 1 is 1.78 bits per heavy atom. The summed E-state index contributed by atoms with van der Waals surface area (Å²) in [5, 5.41) is 0. The second-order valence-electron chi connectivity index (χ2n) is 2.72. The zero-order valence-electron chi connectivity index (χ0n) is 5.89. The van der Waals surface area contributed by atoms with Gasteiger partial charge in [0, 0.05) is 13.0 Å². The number of ketones is 1. The largest absolute Gasteiger partial charge is 0.377 e. The SMILES string of the molecule is COCC(=O)C1CC1C. The van der Waals surface area contributed by atoms with Crippen molar-refractivity contribution >= 4 is 5.78 Å². The second-order valence-corrected chi connectivity index (χ2v) is 2.72. The van der Waals surface area contributed by atoms with Crippen LogP contribution in [0.4, 0.5) is 0 Å². The minimum Gasteiger partial charge on any atom is -0.377 e. The third kappa shape index (κ3) is 1.52. The first-order valence-electron chi connectivity index (χ1n) is 3.27. The molecular formula is C7H12O2. The van der Waals surface area contributed by atoms with Crippen LogP contribution in [0.25, 0.3) is 0 Å². The molecule has 0 spiro atoms. The smallest absolute Gasteiger partial charge is 0.161 e. The highest BCUT2D eigenvalue weighted by molar-refractivity contribution is 5.84. The van der Waals surface area contributed by atoms with E-state index in [1.807, 2.05) is 0 Å². The van der Waals surface area contributed by atoms with Crippen LogP contribution in [-0.4, -0.2) is 19.5 Å². The fourth-order valence-corrected chi connectivity index (χ4v) is 1.02. The third-order valence-corrected chi connectivity index (χ3v) is 1.81. The van der Waals surface area contributed by atoms with Gasteiger partial charge in [-0.1, -0.05) is 6.92 Å². The summed E-state index contributed by atoms with van der Waals surface area (Å²) in [7, 11) is 1.56. The second kappa shape index (κ2) is 2.48. The minimum atomic E-state index is 0.269. The summed E-state index contributed by atoms with van der Waals surface area (Å²) >= 11 is 0. The number of methoxy groups -OCH3 is 1. The fourth-order valence-electron chi connectivity index (χ4n) is 1.02. The summed E-state index contributed by atoms with van der Waals surface area (Å²) in [6.07, 6.45) is 1.07. The van der Waals surface area contributed by atoms with E-state index in [2.05, 4.69) is 6.92 Å². The van der Waals surface area contributed by atoms with Crippen LogP contribution < -0.4 is 0 Å². The summed E-state index contributed by atoms with van der Waals surface area (Å²) < 4.78 is 4.70. The van der Waals surface area contributed by atoms with E-state index >= 15 is 0 Å². The maximum absolute atomic E-state index is 10.9. The molecule has 2 atom stereocenters. The van der Waals surface area contributed by atoms with Crippen molar-refractivity contribution in [3.8, 4) is 0 Å². The number of hydrogen-bond acceptors (Lipinski definition) is 2. The normalized spacial score (nSPS) is 32.2. The number of ether oxygens (including phenoxy) is 1. The van der Waals surface area contributed by atoms with Gasteiger partial charge in [-0.05, 0) is 12.3 Å². The van der Waals surface area contributed by atoms with E-state index in [9.17, 15) is 4.79 Å². The van der Waals surface area contributed by atoms with E-state index in [4.69, 9.17) is 4.74 Å². The van der Waals surface area contributed by atoms with Crippen LogP contribution in [0.1, 0.15) is 13.3 Å². The average Bonchev–Trinajstić information content (AvgIpc) is 2.47. The molecule has 0 heterocycles. The van der Waals surface area contributed by atoms with Gasteiger partial charge in [0.05, 0.1) is 0 Å². The Hall–Kier alpha value is -0.370. The molecule has 0 aliphatic heterocycles. The zero-order chi connectivity index (χ0) is 6.85. The van der Waals surface area contributed by atoms with Crippen molar-refractivity contribution in [2.75, 3.05) is 13.7 Å². The highest BCUT2D eigenvalue weighted by Crippen LogP contribution is 2.38. The molecule has 2 heteroatoms. The predicted octanol–water partition coefficient (Wildman–Crippen LogP) is 0.858. The highest BCUT2D eigenvalue weighted by Gasteiger charge is 2.38. The molecule has 0 saturated heterocycles. The van der Waals surface area contributed by atoms with E-state index < -0.39 is 0 Å². The molecule has 1 saturated carbocycles. The van der Waals surface area contributed by atoms with Crippen molar-refractivity contribution in [1.82, 2.24) is 0 Å². The molecule has 0 radical (unpaired) electrons. The number of carbonyl (C=O) groups is 1. The van der Waals surface area contributed by atoms with Gasteiger partial charge in [0.25, 0.3) is 0 Å². The maximum Gasteiger partial charge on any atom is 0.161 e. The van der Waals surface area contributed by atoms with E-state index in [1.54, 1.807) is 7.11 Å². The fraction of sp³-hybridized carbons (Fsp3) is 0.857. The van der Waals surface area contributed by atoms with Gasteiger partial charge in [-0.3, -0.25) is 4.79 Å². The van der Waals surface area contributed by atoms with Gasteiger partial charge < -0.3 is 4.74 Å². The summed E-state index contributed by atoms with van der Waals surface area (Å²) in [6.45, 7) is 2.40. The monoisotopic (exact) mass is 128 g/mol. The van der Waals surface area contributed by atoms with E-state index in [1.165, 1.54) is 0 Å². The van der Waals surface area contributed by atoms with Gasteiger partial charge in [0.15, 0.2) is 5.78 Å². The lowest BCUT2D eigenvalue weighted by Crippen LogP contribution is -2.09. The van der Waals surface area contributed by atoms with Crippen molar-refractivity contribution in [3.63, 3.8) is 0 Å². The molecule has 1 fully saturated rings. The predicted molar refractivity (Wildman–Crippen MR) is 34.2 cm³/mol. The number of rotatable bonds is 3. The van der Waals surface area contributed by atoms with Crippen molar-refractivity contribution in [2.45, 2.75) is 13.3 Å². The van der Waals surface area contributed by atoms with Crippen molar-refractivity contribution < 1.29 is 9.53 Å². The van der Waals surface area contributed by atoms with E-state index in [-0.39, 0.29) is 5.78 Å². The lowest BCUT2D eigenvalue weighted by atomic mass is 10.2. The molecule has 1 aliphatic rings. The van der Waals surface area contributed by atoms with Crippen molar-refractivity contribution in [2.24, 2.45) is 11.8 Å². The van der Waals surface area contributed by atoms with Gasteiger partial charge in [0.2, 0.25) is 0 Å². The number of hydrogen-bond donors (Lipinski definition) is 0. The molecular weight excluding hydrogens is 116 g/mol. The van der Waals surface area contributed by atoms with Gasteiger partial charge in [-0.15, -0.1) is 0 Å². The molecule has 0 aromatic heterocycles. The maximum atomic E-state index is 10.9. The molecule has 2 unspecified atom stereocenters. The molecule has 9 heavy (non-hydrogen) atoms. The van der Waals surface area contributed by atoms with Crippen LogP contribution in [0, 0.1) is 11.8 Å². The van der Waals surface area contributed by atoms with Gasteiger partial charge in [-0.2, -0.15) is 0 Å². The van der Waals surface area contributed by atoms with Crippen molar-refractivity contribution in [1.29, 1.82) is 0 Å². The molecule has 0 aromatic carbocycles. The van der Waals surface area contributed by atoms with Crippen LogP contribution in [0.5, 0.6) is 0 Å². The Balaban J connectivity index is 2.20. The van der Waals surface area contributed by atoms with E-state index in [0.29, 0.717) is 18.4 Å². The van der Waals surface area contributed by atoms with Crippen LogP contribution in [-0.2, 0) is 9.53 Å². The Labute approximate surface area is 55.2 Å². The Bertz CT molecular complexity index is 120. The summed E-state index contributed by atoms with van der Waals surface area (Å²) in [6, 6.07) is 0. The summed E-state index contributed by atoms with van der Waals surface area (Å²) in [5.74, 6) is 1.21. The van der Waals surface area contributed by atoms with Gasteiger partial charge in [0.1, 0.15) is 6.61 Å². The molecule has 0 aromatic rings. The van der Waals surface area contributed by atoms with Gasteiger partial charge >= 0.3 is 0 Å².